The van der Waals surface area contributed by atoms with Gasteiger partial charge in [-0.15, -0.1) is 0 Å². The van der Waals surface area contributed by atoms with Gasteiger partial charge in [0.1, 0.15) is 5.03 Å². The van der Waals surface area contributed by atoms with Crippen LogP contribution in [-0.2, 0) is 9.53 Å². The quantitative estimate of drug-likeness (QED) is 0.352. The summed E-state index contributed by atoms with van der Waals surface area (Å²) in [6.45, 7) is 4.03. The molecule has 0 atom stereocenters. The second-order valence-corrected chi connectivity index (χ2v) is 4.02. The molecule has 0 unspecified atom stereocenters. The monoisotopic (exact) mass is 246 g/mol. The fourth-order valence-electron chi connectivity index (χ4n) is 0.882. The maximum Gasteiger partial charge on any atom is 0.316 e. The summed E-state index contributed by atoms with van der Waals surface area (Å²) in [5.41, 5.74) is 0.897. The number of carbonyl (C=O) groups is 1. The highest BCUT2D eigenvalue weighted by Crippen LogP contribution is 2.20. The highest BCUT2D eigenvalue weighted by molar-refractivity contribution is 7.99. The zero-order valence-electron chi connectivity index (χ0n) is 8.49. The molecule has 0 bridgehead atoms. The molecule has 1 aromatic heterocycles. The van der Waals surface area contributed by atoms with E-state index in [1.165, 1.54) is 11.8 Å². The summed E-state index contributed by atoms with van der Waals surface area (Å²) in [6.07, 6.45) is 1.63. The summed E-state index contributed by atoms with van der Waals surface area (Å²) in [5, 5.41) is 0.898. The molecule has 0 aliphatic rings. The van der Waals surface area contributed by atoms with Crippen molar-refractivity contribution in [1.82, 2.24) is 9.97 Å². The van der Waals surface area contributed by atoms with Gasteiger partial charge in [0, 0.05) is 6.20 Å². The van der Waals surface area contributed by atoms with E-state index in [0.717, 1.165) is 5.56 Å². The SMILES string of the molecule is CCOC(=O)CSc1nc(Cl)ncc1C. The fraction of sp³-hybridized carbons (Fsp3) is 0.444. The fourth-order valence-corrected chi connectivity index (χ4v) is 1.83. The number of aromatic nitrogens is 2. The third kappa shape index (κ3) is 4.05. The second-order valence-electron chi connectivity index (χ2n) is 2.72. The van der Waals surface area contributed by atoms with E-state index >= 15 is 0 Å². The molecule has 0 fully saturated rings. The van der Waals surface area contributed by atoms with E-state index < -0.39 is 0 Å². The molecule has 0 aliphatic heterocycles. The van der Waals surface area contributed by atoms with Gasteiger partial charge in [0.25, 0.3) is 0 Å². The molecule has 0 spiro atoms. The second kappa shape index (κ2) is 5.92. The number of esters is 1. The first-order valence-corrected chi connectivity index (χ1v) is 5.77. The number of hydrogen-bond donors (Lipinski definition) is 0. The Hall–Kier alpha value is -0.810. The Kier molecular flexibility index (Phi) is 4.84. The molecule has 0 amide bonds. The van der Waals surface area contributed by atoms with Gasteiger partial charge in [-0.1, -0.05) is 11.8 Å². The molecular weight excluding hydrogens is 236 g/mol. The van der Waals surface area contributed by atoms with Crippen LogP contribution in [-0.4, -0.2) is 28.3 Å². The van der Waals surface area contributed by atoms with Crippen LogP contribution >= 0.6 is 23.4 Å². The van der Waals surface area contributed by atoms with Crippen LogP contribution in [0.5, 0.6) is 0 Å². The topological polar surface area (TPSA) is 52.1 Å². The minimum Gasteiger partial charge on any atom is -0.465 e. The summed E-state index contributed by atoms with van der Waals surface area (Å²) < 4.78 is 4.80. The zero-order chi connectivity index (χ0) is 11.3. The molecule has 82 valence electrons. The van der Waals surface area contributed by atoms with E-state index in [2.05, 4.69) is 9.97 Å². The van der Waals surface area contributed by atoms with Crippen molar-refractivity contribution in [3.05, 3.63) is 17.0 Å². The third-order valence-corrected chi connectivity index (χ3v) is 2.78. The van der Waals surface area contributed by atoms with Crippen LogP contribution in [0.4, 0.5) is 0 Å². The average Bonchev–Trinajstić information content (AvgIpc) is 2.20. The lowest BCUT2D eigenvalue weighted by Crippen LogP contribution is -2.07. The van der Waals surface area contributed by atoms with Gasteiger partial charge >= 0.3 is 5.97 Å². The van der Waals surface area contributed by atoms with E-state index in [4.69, 9.17) is 16.3 Å². The number of thioether (sulfide) groups is 1. The molecule has 4 nitrogen and oxygen atoms in total. The van der Waals surface area contributed by atoms with Crippen molar-refractivity contribution < 1.29 is 9.53 Å². The van der Waals surface area contributed by atoms with Crippen LogP contribution in [0.1, 0.15) is 12.5 Å². The van der Waals surface area contributed by atoms with Crippen molar-refractivity contribution in [3.63, 3.8) is 0 Å². The summed E-state index contributed by atoms with van der Waals surface area (Å²) in [7, 11) is 0. The lowest BCUT2D eigenvalue weighted by Gasteiger charge is -2.03. The third-order valence-electron chi connectivity index (χ3n) is 1.53. The molecule has 0 saturated heterocycles. The molecule has 0 aliphatic carbocycles. The Labute approximate surface area is 97.4 Å². The maximum atomic E-state index is 11.1. The van der Waals surface area contributed by atoms with Gasteiger partial charge in [-0.25, -0.2) is 9.97 Å². The molecule has 0 aromatic carbocycles. The molecule has 1 aromatic rings. The van der Waals surface area contributed by atoms with Gasteiger partial charge in [-0.05, 0) is 31.0 Å². The predicted molar refractivity (Wildman–Crippen MR) is 59.1 cm³/mol. The van der Waals surface area contributed by atoms with Crippen molar-refractivity contribution >= 4 is 29.3 Å². The van der Waals surface area contributed by atoms with E-state index in [9.17, 15) is 4.79 Å². The number of rotatable bonds is 4. The van der Waals surface area contributed by atoms with Crippen LogP contribution in [0.3, 0.4) is 0 Å². The van der Waals surface area contributed by atoms with Gasteiger partial charge in [-0.3, -0.25) is 4.79 Å². The molecule has 6 heteroatoms. The number of ether oxygens (including phenoxy) is 1. The molecule has 1 heterocycles. The van der Waals surface area contributed by atoms with E-state index in [-0.39, 0.29) is 17.0 Å². The summed E-state index contributed by atoms with van der Waals surface area (Å²) in [4.78, 5) is 18.9. The summed E-state index contributed by atoms with van der Waals surface area (Å²) in [6, 6.07) is 0. The Morgan fingerprint density at radius 2 is 2.40 bits per heavy atom. The predicted octanol–water partition coefficient (Wildman–Crippen LogP) is 2.09. The highest BCUT2D eigenvalue weighted by Gasteiger charge is 2.07. The van der Waals surface area contributed by atoms with E-state index in [0.29, 0.717) is 11.6 Å². The Morgan fingerprint density at radius 3 is 3.07 bits per heavy atom. The summed E-state index contributed by atoms with van der Waals surface area (Å²) >= 11 is 6.94. The first-order valence-electron chi connectivity index (χ1n) is 4.41. The minimum atomic E-state index is -0.253. The Morgan fingerprint density at radius 1 is 1.67 bits per heavy atom. The van der Waals surface area contributed by atoms with Gasteiger partial charge in [-0.2, -0.15) is 0 Å². The van der Waals surface area contributed by atoms with Crippen LogP contribution in [0.25, 0.3) is 0 Å². The molecule has 0 saturated carbocycles. The van der Waals surface area contributed by atoms with E-state index in [1.54, 1.807) is 13.1 Å². The normalized spacial score (nSPS) is 10.1. The number of hydrogen-bond acceptors (Lipinski definition) is 5. The number of aryl methyl sites for hydroxylation is 1. The van der Waals surface area contributed by atoms with Crippen LogP contribution in [0.2, 0.25) is 5.28 Å². The van der Waals surface area contributed by atoms with Crippen molar-refractivity contribution in [2.45, 2.75) is 18.9 Å². The van der Waals surface area contributed by atoms with Crippen LogP contribution < -0.4 is 0 Å². The largest absolute Gasteiger partial charge is 0.465 e. The first kappa shape index (κ1) is 12.3. The molecule has 0 N–H and O–H groups in total. The maximum absolute atomic E-state index is 11.1. The minimum absolute atomic E-state index is 0.187. The first-order chi connectivity index (χ1) is 7.13. The highest BCUT2D eigenvalue weighted by atomic mass is 35.5. The van der Waals surface area contributed by atoms with Gasteiger partial charge < -0.3 is 4.74 Å². The standard InChI is InChI=1S/C9H11ClN2O2S/c1-3-14-7(13)5-15-8-6(2)4-11-9(10)12-8/h4H,3,5H2,1-2H3. The van der Waals surface area contributed by atoms with Crippen molar-refractivity contribution in [3.8, 4) is 0 Å². The average molecular weight is 247 g/mol. The molecule has 0 radical (unpaired) electrons. The smallest absolute Gasteiger partial charge is 0.316 e. The van der Waals surface area contributed by atoms with Gasteiger partial charge in [0.2, 0.25) is 5.28 Å². The van der Waals surface area contributed by atoms with Crippen molar-refractivity contribution in [2.24, 2.45) is 0 Å². The van der Waals surface area contributed by atoms with Gasteiger partial charge in [0.15, 0.2) is 0 Å². The molecule has 1 rings (SSSR count). The van der Waals surface area contributed by atoms with Crippen molar-refractivity contribution in [1.29, 1.82) is 0 Å². The zero-order valence-corrected chi connectivity index (χ0v) is 10.1. The number of carbonyl (C=O) groups excluding carboxylic acids is 1. The number of halogens is 1. The lowest BCUT2D eigenvalue weighted by molar-refractivity contribution is -0.139. The van der Waals surface area contributed by atoms with Crippen LogP contribution in [0, 0.1) is 6.92 Å². The molecule has 15 heavy (non-hydrogen) atoms. The Balaban J connectivity index is 2.57. The van der Waals surface area contributed by atoms with E-state index in [1.807, 2.05) is 6.92 Å². The van der Waals surface area contributed by atoms with Gasteiger partial charge in [0.05, 0.1) is 12.4 Å². The molecular formula is C9H11ClN2O2S. The summed E-state index contributed by atoms with van der Waals surface area (Å²) in [5.74, 6) is -0.0150. The lowest BCUT2D eigenvalue weighted by atomic mass is 10.4. The Bertz CT molecular complexity index is 360. The van der Waals surface area contributed by atoms with Crippen molar-refractivity contribution in [2.75, 3.05) is 12.4 Å². The number of nitrogens with zero attached hydrogens (tertiary/aromatic N) is 2. The van der Waals surface area contributed by atoms with Crippen LogP contribution in [0.15, 0.2) is 11.2 Å².